The highest BCUT2D eigenvalue weighted by atomic mass is 35.5. The molecule has 4 nitrogen and oxygen atoms in total. The van der Waals surface area contributed by atoms with Crippen LogP contribution in [0, 0.1) is 0 Å². The number of para-hydroxylation sites is 1. The van der Waals surface area contributed by atoms with Crippen LogP contribution in [0.5, 0.6) is 0 Å². The van der Waals surface area contributed by atoms with E-state index in [0.717, 1.165) is 26.9 Å². The molecule has 0 saturated heterocycles. The normalized spacial score (nSPS) is 10.5. The summed E-state index contributed by atoms with van der Waals surface area (Å²) in [6, 6.07) is 31.3. The topological polar surface area (TPSA) is 58.2 Å². The fourth-order valence-electron chi connectivity index (χ4n) is 3.08. The van der Waals surface area contributed by atoms with Gasteiger partial charge in [-0.1, -0.05) is 41.9 Å². The molecule has 0 radical (unpaired) electrons. The van der Waals surface area contributed by atoms with Crippen LogP contribution in [0.1, 0.15) is 26.3 Å². The number of halogens is 1. The molecule has 4 rings (SSSR count). The maximum atomic E-state index is 12.6. The maximum Gasteiger partial charge on any atom is 0.255 e. The fourth-order valence-corrected chi connectivity index (χ4v) is 4.06. The van der Waals surface area contributed by atoms with Crippen LogP contribution in [0.25, 0.3) is 0 Å². The molecule has 2 amide bonds. The molecule has 33 heavy (non-hydrogen) atoms. The van der Waals surface area contributed by atoms with E-state index in [1.54, 1.807) is 36.0 Å². The Balaban J connectivity index is 1.31. The van der Waals surface area contributed by atoms with Gasteiger partial charge in [0, 0.05) is 38.2 Å². The number of hydrogen-bond donors (Lipinski definition) is 2. The zero-order valence-electron chi connectivity index (χ0n) is 17.6. The van der Waals surface area contributed by atoms with E-state index in [1.807, 2.05) is 78.9 Å². The number of carbonyl (C=O) groups is 2. The third-order valence-corrected chi connectivity index (χ3v) is 6.21. The van der Waals surface area contributed by atoms with E-state index in [1.165, 1.54) is 0 Å². The van der Waals surface area contributed by atoms with Gasteiger partial charge in [0.05, 0.1) is 0 Å². The monoisotopic (exact) mass is 472 g/mol. The molecule has 0 heterocycles. The summed E-state index contributed by atoms with van der Waals surface area (Å²) in [6.45, 7) is 0. The molecule has 4 aromatic rings. The second kappa shape index (κ2) is 10.9. The Kier molecular flexibility index (Phi) is 7.45. The Labute approximate surface area is 202 Å². The Hall–Kier alpha value is -3.54. The van der Waals surface area contributed by atoms with Gasteiger partial charge in [0.2, 0.25) is 0 Å². The largest absolute Gasteiger partial charge is 0.322 e. The van der Waals surface area contributed by atoms with Gasteiger partial charge in [-0.3, -0.25) is 9.59 Å². The molecule has 0 fully saturated rings. The predicted octanol–water partition coefficient (Wildman–Crippen LogP) is 7.14. The molecule has 0 spiro atoms. The number of anilines is 2. The summed E-state index contributed by atoms with van der Waals surface area (Å²) in [4.78, 5) is 26.1. The molecule has 0 bridgehead atoms. The summed E-state index contributed by atoms with van der Waals surface area (Å²) < 4.78 is 0. The first-order chi connectivity index (χ1) is 16.1. The molecule has 2 N–H and O–H groups in total. The Morgan fingerprint density at radius 2 is 1.15 bits per heavy atom. The summed E-state index contributed by atoms with van der Waals surface area (Å²) in [5.74, 6) is 0.398. The molecule has 0 aliphatic heterocycles. The molecule has 0 atom stereocenters. The number of nitrogens with one attached hydrogen (secondary N) is 2. The molecule has 0 unspecified atom stereocenters. The van der Waals surface area contributed by atoms with Crippen molar-refractivity contribution >= 4 is 46.6 Å². The fraction of sp³-hybridized carbons (Fsp3) is 0.0370. The van der Waals surface area contributed by atoms with Crippen LogP contribution in [0.15, 0.2) is 108 Å². The van der Waals surface area contributed by atoms with E-state index in [2.05, 4.69) is 10.6 Å². The summed E-state index contributed by atoms with van der Waals surface area (Å²) in [7, 11) is 0. The summed E-state index contributed by atoms with van der Waals surface area (Å²) in [6.07, 6.45) is 0. The molecule has 0 aliphatic rings. The zero-order chi connectivity index (χ0) is 23.0. The minimum atomic E-state index is -0.203. The van der Waals surface area contributed by atoms with E-state index < -0.39 is 0 Å². The molecular weight excluding hydrogens is 452 g/mol. The van der Waals surface area contributed by atoms with Gasteiger partial charge < -0.3 is 10.6 Å². The van der Waals surface area contributed by atoms with Crippen LogP contribution in [0.2, 0.25) is 5.02 Å². The van der Waals surface area contributed by atoms with E-state index >= 15 is 0 Å². The van der Waals surface area contributed by atoms with Gasteiger partial charge in [-0.25, -0.2) is 0 Å². The first kappa shape index (κ1) is 22.6. The summed E-state index contributed by atoms with van der Waals surface area (Å²) in [5.41, 5.74) is 3.56. The van der Waals surface area contributed by atoms with Gasteiger partial charge >= 0.3 is 0 Å². The lowest BCUT2D eigenvalue weighted by atomic mass is 10.1. The molecule has 6 heteroatoms. The van der Waals surface area contributed by atoms with E-state index in [9.17, 15) is 9.59 Å². The highest BCUT2D eigenvalue weighted by Gasteiger charge is 2.09. The lowest BCUT2D eigenvalue weighted by Gasteiger charge is -2.08. The van der Waals surface area contributed by atoms with Crippen molar-refractivity contribution in [3.63, 3.8) is 0 Å². The number of carbonyl (C=O) groups excluding carboxylic acids is 2. The smallest absolute Gasteiger partial charge is 0.255 e. The van der Waals surface area contributed by atoms with Crippen molar-refractivity contribution in [3.8, 4) is 0 Å². The Morgan fingerprint density at radius 1 is 0.636 bits per heavy atom. The van der Waals surface area contributed by atoms with Gasteiger partial charge in [0.25, 0.3) is 11.8 Å². The average Bonchev–Trinajstić information content (AvgIpc) is 2.85. The summed E-state index contributed by atoms with van der Waals surface area (Å²) in [5, 5.41) is 6.43. The minimum absolute atomic E-state index is 0.201. The second-order valence-electron chi connectivity index (χ2n) is 7.29. The number of amides is 2. The first-order valence-electron chi connectivity index (χ1n) is 10.3. The number of thioether (sulfide) groups is 1. The molecule has 164 valence electrons. The third kappa shape index (κ3) is 6.48. The van der Waals surface area contributed by atoms with Crippen molar-refractivity contribution in [2.75, 3.05) is 10.6 Å². The number of rotatable bonds is 7. The molecule has 0 saturated carbocycles. The van der Waals surface area contributed by atoms with Gasteiger partial charge in [0.15, 0.2) is 0 Å². The Bertz CT molecular complexity index is 1230. The van der Waals surface area contributed by atoms with Crippen molar-refractivity contribution in [1.29, 1.82) is 0 Å². The summed E-state index contributed by atoms with van der Waals surface area (Å²) >= 11 is 7.63. The highest BCUT2D eigenvalue weighted by molar-refractivity contribution is 7.98. The van der Waals surface area contributed by atoms with Crippen molar-refractivity contribution in [3.05, 3.63) is 125 Å². The van der Waals surface area contributed by atoms with Crippen molar-refractivity contribution in [1.82, 2.24) is 0 Å². The average molecular weight is 473 g/mol. The van der Waals surface area contributed by atoms with Crippen molar-refractivity contribution < 1.29 is 9.59 Å². The minimum Gasteiger partial charge on any atom is -0.322 e. The van der Waals surface area contributed by atoms with Crippen LogP contribution in [0.3, 0.4) is 0 Å². The molecule has 0 aromatic heterocycles. The van der Waals surface area contributed by atoms with Crippen LogP contribution >= 0.6 is 23.4 Å². The predicted molar refractivity (Wildman–Crippen MR) is 136 cm³/mol. The number of benzene rings is 4. The van der Waals surface area contributed by atoms with Crippen LogP contribution in [-0.2, 0) is 5.75 Å². The van der Waals surface area contributed by atoms with Crippen molar-refractivity contribution in [2.45, 2.75) is 10.6 Å². The van der Waals surface area contributed by atoms with Crippen LogP contribution in [-0.4, -0.2) is 11.8 Å². The van der Waals surface area contributed by atoms with Gasteiger partial charge in [-0.15, -0.1) is 11.8 Å². The van der Waals surface area contributed by atoms with Gasteiger partial charge in [0.1, 0.15) is 0 Å². The maximum absolute atomic E-state index is 12.6. The third-order valence-electron chi connectivity index (χ3n) is 4.87. The lowest BCUT2D eigenvalue weighted by Crippen LogP contribution is -2.13. The van der Waals surface area contributed by atoms with E-state index in [4.69, 9.17) is 11.6 Å². The highest BCUT2D eigenvalue weighted by Crippen LogP contribution is 2.24. The SMILES string of the molecule is O=C(Nc1ccc(C(=O)Nc2ccccc2)cc1)c1ccc(CSc2ccc(Cl)cc2)cc1. The molecule has 0 aliphatic carbocycles. The van der Waals surface area contributed by atoms with Gasteiger partial charge in [-0.05, 0) is 78.4 Å². The first-order valence-corrected chi connectivity index (χ1v) is 11.7. The van der Waals surface area contributed by atoms with E-state index in [0.29, 0.717) is 16.8 Å². The number of hydrogen-bond acceptors (Lipinski definition) is 3. The Morgan fingerprint density at radius 3 is 1.73 bits per heavy atom. The molecule has 4 aromatic carbocycles. The quantitative estimate of drug-likeness (QED) is 0.281. The van der Waals surface area contributed by atoms with Crippen molar-refractivity contribution in [2.24, 2.45) is 0 Å². The van der Waals surface area contributed by atoms with Crippen LogP contribution in [0.4, 0.5) is 11.4 Å². The van der Waals surface area contributed by atoms with E-state index in [-0.39, 0.29) is 11.8 Å². The lowest BCUT2D eigenvalue weighted by molar-refractivity contribution is 0.102. The zero-order valence-corrected chi connectivity index (χ0v) is 19.2. The standard InChI is InChI=1S/C27H21ClN2O2S/c28-22-12-16-25(17-13-22)33-18-19-6-8-20(9-7-19)26(31)30-24-14-10-21(11-15-24)27(32)29-23-4-2-1-3-5-23/h1-17H,18H2,(H,29,32)(H,30,31). The second-order valence-corrected chi connectivity index (χ2v) is 8.78. The van der Waals surface area contributed by atoms with Crippen LogP contribution < -0.4 is 10.6 Å². The molecular formula is C27H21ClN2O2S. The van der Waals surface area contributed by atoms with Gasteiger partial charge in [-0.2, -0.15) is 0 Å².